The molecule has 2 nitrogen and oxygen atoms in total. The molecule has 0 bridgehead atoms. The highest BCUT2D eigenvalue weighted by Gasteiger charge is 2.07. The molecule has 0 amide bonds. The fraction of sp³-hybridized carbons (Fsp3) is 0.455. The van der Waals surface area contributed by atoms with E-state index >= 15 is 0 Å². The summed E-state index contributed by atoms with van der Waals surface area (Å²) in [6.45, 7) is 4.58. The highest BCUT2D eigenvalue weighted by Crippen LogP contribution is 2.23. The van der Waals surface area contributed by atoms with Crippen LogP contribution in [0.2, 0.25) is 5.02 Å². The van der Waals surface area contributed by atoms with Gasteiger partial charge in [0.05, 0.1) is 0 Å². The van der Waals surface area contributed by atoms with Gasteiger partial charge in [0.25, 0.3) is 0 Å². The molecule has 0 aromatic heterocycles. The van der Waals surface area contributed by atoms with Crippen molar-refractivity contribution in [1.82, 2.24) is 0 Å². The van der Waals surface area contributed by atoms with Gasteiger partial charge in [0.15, 0.2) is 0 Å². The molecule has 0 radical (unpaired) electrons. The maximum atomic E-state index is 5.84. The summed E-state index contributed by atoms with van der Waals surface area (Å²) >= 11 is 5.84. The monoisotopic (exact) mass is 213 g/mol. The van der Waals surface area contributed by atoms with Crippen LogP contribution in [0.4, 0.5) is 0 Å². The molecule has 0 saturated heterocycles. The Labute approximate surface area is 90.0 Å². The van der Waals surface area contributed by atoms with E-state index in [9.17, 15) is 0 Å². The number of rotatable bonds is 4. The molecule has 0 saturated carbocycles. The molecule has 1 rings (SSSR count). The first-order valence-corrected chi connectivity index (χ1v) is 5.18. The molecule has 1 aromatic carbocycles. The molecule has 3 heteroatoms. The molecule has 0 spiro atoms. The minimum atomic E-state index is 0.0925. The molecular weight excluding hydrogens is 198 g/mol. The van der Waals surface area contributed by atoms with E-state index in [1.165, 1.54) is 0 Å². The minimum Gasteiger partial charge on any atom is -0.489 e. The summed E-state index contributed by atoms with van der Waals surface area (Å²) in [6.07, 6.45) is 1.01. The lowest BCUT2D eigenvalue weighted by molar-refractivity contribution is 0.204. The third-order valence-corrected chi connectivity index (χ3v) is 2.38. The molecule has 1 aromatic rings. The topological polar surface area (TPSA) is 35.2 Å². The number of halogens is 1. The van der Waals surface area contributed by atoms with Crippen molar-refractivity contribution in [3.63, 3.8) is 0 Å². The third kappa shape index (κ3) is 2.89. The summed E-state index contributed by atoms with van der Waals surface area (Å²) < 4.78 is 5.71. The molecular formula is C11H16ClNO. The first-order valence-electron chi connectivity index (χ1n) is 4.80. The average Bonchev–Trinajstić information content (AvgIpc) is 2.17. The van der Waals surface area contributed by atoms with Crippen LogP contribution in [0.1, 0.15) is 18.9 Å². The van der Waals surface area contributed by atoms with Crippen LogP contribution in [0.3, 0.4) is 0 Å². The van der Waals surface area contributed by atoms with Crippen LogP contribution in [0.25, 0.3) is 0 Å². The Morgan fingerprint density at radius 1 is 1.50 bits per heavy atom. The van der Waals surface area contributed by atoms with Crippen LogP contribution in [-0.2, 0) is 0 Å². The second kappa shape index (κ2) is 5.23. The van der Waals surface area contributed by atoms with E-state index in [0.717, 1.165) is 22.8 Å². The quantitative estimate of drug-likeness (QED) is 0.835. The average molecular weight is 214 g/mol. The van der Waals surface area contributed by atoms with Crippen LogP contribution < -0.4 is 10.5 Å². The SMILES string of the molecule is CCC(CN)Oc1ccc(Cl)cc1C. The number of ether oxygens (including phenoxy) is 1. The smallest absolute Gasteiger partial charge is 0.122 e. The lowest BCUT2D eigenvalue weighted by Gasteiger charge is -2.17. The summed E-state index contributed by atoms with van der Waals surface area (Å²) in [5.74, 6) is 0.867. The van der Waals surface area contributed by atoms with Gasteiger partial charge in [-0.05, 0) is 37.1 Å². The Morgan fingerprint density at radius 3 is 2.71 bits per heavy atom. The zero-order chi connectivity index (χ0) is 10.6. The van der Waals surface area contributed by atoms with Crippen LogP contribution in [-0.4, -0.2) is 12.6 Å². The zero-order valence-corrected chi connectivity index (χ0v) is 9.34. The van der Waals surface area contributed by atoms with Crippen molar-refractivity contribution in [2.45, 2.75) is 26.4 Å². The Hall–Kier alpha value is -0.730. The maximum absolute atomic E-state index is 5.84. The van der Waals surface area contributed by atoms with Gasteiger partial charge in [-0.3, -0.25) is 0 Å². The third-order valence-electron chi connectivity index (χ3n) is 2.15. The van der Waals surface area contributed by atoms with E-state index in [0.29, 0.717) is 6.54 Å². The van der Waals surface area contributed by atoms with Gasteiger partial charge >= 0.3 is 0 Å². The van der Waals surface area contributed by atoms with Crippen molar-refractivity contribution in [2.75, 3.05) is 6.54 Å². The highest BCUT2D eigenvalue weighted by atomic mass is 35.5. The summed E-state index contributed by atoms with van der Waals surface area (Å²) in [5.41, 5.74) is 6.61. The van der Waals surface area contributed by atoms with Crippen molar-refractivity contribution in [1.29, 1.82) is 0 Å². The number of nitrogens with two attached hydrogens (primary N) is 1. The highest BCUT2D eigenvalue weighted by molar-refractivity contribution is 6.30. The fourth-order valence-electron chi connectivity index (χ4n) is 1.22. The first-order chi connectivity index (χ1) is 6.67. The molecule has 2 N–H and O–H groups in total. The minimum absolute atomic E-state index is 0.0925. The Kier molecular flexibility index (Phi) is 4.23. The summed E-state index contributed by atoms with van der Waals surface area (Å²) in [7, 11) is 0. The molecule has 0 aliphatic rings. The van der Waals surface area contributed by atoms with Crippen LogP contribution in [0, 0.1) is 6.92 Å². The lowest BCUT2D eigenvalue weighted by Crippen LogP contribution is -2.25. The second-order valence-electron chi connectivity index (χ2n) is 3.29. The molecule has 0 aliphatic carbocycles. The van der Waals surface area contributed by atoms with Gasteiger partial charge in [0, 0.05) is 11.6 Å². The Morgan fingerprint density at radius 2 is 2.21 bits per heavy atom. The van der Waals surface area contributed by atoms with Gasteiger partial charge in [-0.25, -0.2) is 0 Å². The normalized spacial score (nSPS) is 12.6. The molecule has 1 atom stereocenters. The van der Waals surface area contributed by atoms with E-state index in [2.05, 4.69) is 6.92 Å². The first kappa shape index (κ1) is 11.3. The lowest BCUT2D eigenvalue weighted by atomic mass is 10.2. The van der Waals surface area contributed by atoms with Gasteiger partial charge in [-0.2, -0.15) is 0 Å². The standard InChI is InChI=1S/C11H16ClNO/c1-3-10(7-13)14-11-5-4-9(12)6-8(11)2/h4-6,10H,3,7,13H2,1-2H3. The molecule has 0 heterocycles. The van der Waals surface area contributed by atoms with Crippen molar-refractivity contribution < 1.29 is 4.74 Å². The van der Waals surface area contributed by atoms with Gasteiger partial charge in [-0.1, -0.05) is 18.5 Å². The van der Waals surface area contributed by atoms with Gasteiger partial charge in [-0.15, -0.1) is 0 Å². The molecule has 14 heavy (non-hydrogen) atoms. The Balaban J connectivity index is 2.76. The maximum Gasteiger partial charge on any atom is 0.122 e. The van der Waals surface area contributed by atoms with E-state index in [1.807, 2.05) is 25.1 Å². The van der Waals surface area contributed by atoms with Crippen LogP contribution in [0.15, 0.2) is 18.2 Å². The van der Waals surface area contributed by atoms with Crippen molar-refractivity contribution >= 4 is 11.6 Å². The Bertz CT molecular complexity index is 297. The molecule has 1 unspecified atom stereocenters. The van der Waals surface area contributed by atoms with Crippen molar-refractivity contribution in [3.8, 4) is 5.75 Å². The molecule has 0 aliphatic heterocycles. The summed E-state index contributed by atoms with van der Waals surface area (Å²) in [5, 5.41) is 0.732. The summed E-state index contributed by atoms with van der Waals surface area (Å²) in [6, 6.07) is 5.60. The molecule has 78 valence electrons. The van der Waals surface area contributed by atoms with Gasteiger partial charge < -0.3 is 10.5 Å². The van der Waals surface area contributed by atoms with Crippen molar-refractivity contribution in [3.05, 3.63) is 28.8 Å². The predicted octanol–water partition coefficient (Wildman–Crippen LogP) is 2.76. The second-order valence-corrected chi connectivity index (χ2v) is 3.73. The van der Waals surface area contributed by atoms with E-state index in [1.54, 1.807) is 0 Å². The fourth-order valence-corrected chi connectivity index (χ4v) is 1.45. The van der Waals surface area contributed by atoms with Crippen LogP contribution >= 0.6 is 11.6 Å². The largest absolute Gasteiger partial charge is 0.489 e. The number of benzene rings is 1. The van der Waals surface area contributed by atoms with Gasteiger partial charge in [0.2, 0.25) is 0 Å². The molecule has 0 fully saturated rings. The van der Waals surface area contributed by atoms with E-state index < -0.39 is 0 Å². The predicted molar refractivity (Wildman–Crippen MR) is 60.0 cm³/mol. The van der Waals surface area contributed by atoms with Gasteiger partial charge in [0.1, 0.15) is 11.9 Å². The number of hydrogen-bond donors (Lipinski definition) is 1. The van der Waals surface area contributed by atoms with Crippen LogP contribution in [0.5, 0.6) is 5.75 Å². The van der Waals surface area contributed by atoms with Crippen molar-refractivity contribution in [2.24, 2.45) is 5.73 Å². The summed E-state index contributed by atoms with van der Waals surface area (Å²) in [4.78, 5) is 0. The number of aryl methyl sites for hydroxylation is 1. The van der Waals surface area contributed by atoms with E-state index in [4.69, 9.17) is 22.1 Å². The number of hydrogen-bond acceptors (Lipinski definition) is 2. The van der Waals surface area contributed by atoms with E-state index in [-0.39, 0.29) is 6.10 Å². The zero-order valence-electron chi connectivity index (χ0n) is 8.59.